The number of aromatic nitrogens is 3. The first-order valence-electron chi connectivity index (χ1n) is 14.4. The van der Waals surface area contributed by atoms with Gasteiger partial charge in [-0.2, -0.15) is 4.98 Å². The van der Waals surface area contributed by atoms with Gasteiger partial charge >= 0.3 is 11.4 Å². The highest BCUT2D eigenvalue weighted by molar-refractivity contribution is 6.31. The molecular formula is C29H34ClFN10O5. The summed E-state index contributed by atoms with van der Waals surface area (Å²) in [5.41, 5.74) is 8.79. The third-order valence-corrected chi connectivity index (χ3v) is 7.72. The van der Waals surface area contributed by atoms with E-state index in [-0.39, 0.29) is 41.1 Å². The van der Waals surface area contributed by atoms with Crippen LogP contribution in [0.1, 0.15) is 50.3 Å². The second-order valence-corrected chi connectivity index (χ2v) is 11.3. The second-order valence-electron chi connectivity index (χ2n) is 10.9. The zero-order valence-corrected chi connectivity index (χ0v) is 25.9. The standard InChI is InChI=1S/C29H34ClFN10O5/c1-15(32)5-3-6-18-13-21(30)23(31)22(25(18)40(43)44)24-26(41(45)46)20-14-39(29(42)38-27(20)37-24)19-9-7-17(8-10-19)16(2)35-11-4-12-36-28(33)34/h7-10,13-16,35H,3-6,11-12,32H2,1-2H3,(H4,33,34,36)(H,37,38,42)/t15-,16-/m0/s1. The molecule has 2 aromatic heterocycles. The fraction of sp³-hybridized carbons (Fsp3) is 0.345. The largest absolute Gasteiger partial charge is 0.370 e. The van der Waals surface area contributed by atoms with E-state index in [1.54, 1.807) is 31.2 Å². The van der Waals surface area contributed by atoms with Gasteiger partial charge in [-0.3, -0.25) is 30.2 Å². The summed E-state index contributed by atoms with van der Waals surface area (Å²) in [7, 11) is 0. The van der Waals surface area contributed by atoms with Crippen LogP contribution in [-0.2, 0) is 6.42 Å². The van der Waals surface area contributed by atoms with E-state index in [0.717, 1.165) is 22.6 Å². The number of aromatic amines is 1. The van der Waals surface area contributed by atoms with E-state index < -0.39 is 49.0 Å². The molecule has 0 aliphatic heterocycles. The van der Waals surface area contributed by atoms with Crippen LogP contribution in [-0.4, -0.2) is 49.5 Å². The molecule has 0 radical (unpaired) electrons. The van der Waals surface area contributed by atoms with Crippen molar-refractivity contribution in [2.45, 2.75) is 51.6 Å². The van der Waals surface area contributed by atoms with Crippen molar-refractivity contribution >= 4 is 40.0 Å². The number of hydrogen-bond acceptors (Lipinski definition) is 9. The Hall–Kier alpha value is -4.93. The van der Waals surface area contributed by atoms with E-state index in [0.29, 0.717) is 31.6 Å². The lowest BCUT2D eigenvalue weighted by Gasteiger charge is -2.15. The van der Waals surface area contributed by atoms with Crippen molar-refractivity contribution in [3.63, 3.8) is 0 Å². The number of nitro groups is 2. The summed E-state index contributed by atoms with van der Waals surface area (Å²) in [6.07, 6.45) is 3.02. The minimum absolute atomic E-state index is 0.0518. The number of hydrogen-bond donors (Lipinski definition) is 6. The number of benzene rings is 2. The maximum atomic E-state index is 15.6. The second kappa shape index (κ2) is 14.4. The van der Waals surface area contributed by atoms with Crippen molar-refractivity contribution in [2.24, 2.45) is 11.5 Å². The van der Waals surface area contributed by atoms with Crippen LogP contribution < -0.4 is 27.8 Å². The smallest absolute Gasteiger partial charge is 0.354 e. The first-order chi connectivity index (χ1) is 21.8. The van der Waals surface area contributed by atoms with Gasteiger partial charge in [-0.15, -0.1) is 0 Å². The third-order valence-electron chi connectivity index (χ3n) is 7.44. The SMILES string of the molecule is C[C@H](N)CCCc1cc(Cl)c(F)c(-c2[nH]c3nc(=O)n(-c4ccc([C@H](C)NCCCNC(=N)N)cc4)cc3c2[N+](=O)[O-])c1[N+](=O)[O-]. The normalized spacial score (nSPS) is 12.6. The topological polar surface area (TPSA) is 237 Å². The van der Waals surface area contributed by atoms with E-state index in [4.69, 9.17) is 28.5 Å². The minimum Gasteiger partial charge on any atom is -0.370 e. The molecule has 244 valence electrons. The summed E-state index contributed by atoms with van der Waals surface area (Å²) in [5.74, 6) is -1.31. The van der Waals surface area contributed by atoms with Crippen molar-refractivity contribution in [1.29, 1.82) is 5.41 Å². The molecule has 0 spiro atoms. The molecule has 0 aliphatic carbocycles. The Balaban J connectivity index is 1.75. The lowest BCUT2D eigenvalue weighted by atomic mass is 9.98. The monoisotopic (exact) mass is 656 g/mol. The Labute approximate surface area is 267 Å². The molecule has 46 heavy (non-hydrogen) atoms. The third kappa shape index (κ3) is 7.47. The average Bonchev–Trinajstić information content (AvgIpc) is 3.35. The molecule has 0 saturated heterocycles. The number of fused-ring (bicyclic) bond motifs is 1. The van der Waals surface area contributed by atoms with Crippen molar-refractivity contribution in [2.75, 3.05) is 13.1 Å². The quantitative estimate of drug-likeness (QED) is 0.0372. The maximum absolute atomic E-state index is 15.6. The van der Waals surface area contributed by atoms with Crippen molar-refractivity contribution in [3.8, 4) is 16.9 Å². The number of nitrogens with two attached hydrogens (primary N) is 2. The van der Waals surface area contributed by atoms with E-state index in [1.807, 2.05) is 6.92 Å². The van der Waals surface area contributed by atoms with Gasteiger partial charge in [0.05, 0.1) is 20.6 Å². The predicted octanol–water partition coefficient (Wildman–Crippen LogP) is 4.18. The van der Waals surface area contributed by atoms with Crippen LogP contribution in [0, 0.1) is 31.5 Å². The number of halogens is 2. The van der Waals surface area contributed by atoms with E-state index in [9.17, 15) is 25.0 Å². The highest BCUT2D eigenvalue weighted by atomic mass is 35.5. The highest BCUT2D eigenvalue weighted by Gasteiger charge is 2.35. The minimum atomic E-state index is -1.22. The number of nitrogens with zero attached hydrogens (tertiary/aromatic N) is 4. The zero-order chi connectivity index (χ0) is 33.7. The van der Waals surface area contributed by atoms with Crippen LogP contribution >= 0.6 is 11.6 Å². The molecule has 0 saturated carbocycles. The first kappa shape index (κ1) is 34.0. The zero-order valence-electron chi connectivity index (χ0n) is 25.1. The molecule has 0 amide bonds. The summed E-state index contributed by atoms with van der Waals surface area (Å²) < 4.78 is 16.7. The fourth-order valence-corrected chi connectivity index (χ4v) is 5.40. The van der Waals surface area contributed by atoms with Crippen molar-refractivity contribution in [1.82, 2.24) is 25.2 Å². The Morgan fingerprint density at radius 1 is 1.15 bits per heavy atom. The van der Waals surface area contributed by atoms with Gasteiger partial charge < -0.3 is 27.1 Å². The Morgan fingerprint density at radius 3 is 2.43 bits per heavy atom. The molecule has 0 bridgehead atoms. The molecule has 0 unspecified atom stereocenters. The maximum Gasteiger partial charge on any atom is 0.354 e. The molecule has 2 atom stereocenters. The molecule has 2 heterocycles. The fourth-order valence-electron chi connectivity index (χ4n) is 5.17. The number of H-pyrrole nitrogens is 1. The van der Waals surface area contributed by atoms with Gasteiger partial charge in [0.1, 0.15) is 16.6 Å². The van der Waals surface area contributed by atoms with Crippen LogP contribution in [0.15, 0.2) is 41.3 Å². The van der Waals surface area contributed by atoms with E-state index >= 15 is 4.39 Å². The molecule has 17 heteroatoms. The molecule has 4 rings (SSSR count). The van der Waals surface area contributed by atoms with E-state index in [1.165, 1.54) is 6.20 Å². The number of nitrogens with one attached hydrogen (secondary N) is 4. The highest BCUT2D eigenvalue weighted by Crippen LogP contribution is 2.45. The van der Waals surface area contributed by atoms with Gasteiger partial charge in [0.25, 0.3) is 5.69 Å². The number of aryl methyl sites for hydroxylation is 1. The molecule has 4 aromatic rings. The molecular weight excluding hydrogens is 623 g/mol. The van der Waals surface area contributed by atoms with Crippen LogP contribution in [0.2, 0.25) is 5.02 Å². The van der Waals surface area contributed by atoms with Crippen LogP contribution in [0.4, 0.5) is 15.8 Å². The lowest BCUT2D eigenvalue weighted by Crippen LogP contribution is -2.32. The Morgan fingerprint density at radius 2 is 1.83 bits per heavy atom. The van der Waals surface area contributed by atoms with Gasteiger partial charge in [-0.25, -0.2) is 9.18 Å². The summed E-state index contributed by atoms with van der Waals surface area (Å²) >= 11 is 6.14. The predicted molar refractivity (Wildman–Crippen MR) is 173 cm³/mol. The molecule has 2 aromatic carbocycles. The molecule has 8 N–H and O–H groups in total. The average molecular weight is 657 g/mol. The van der Waals surface area contributed by atoms with Gasteiger partial charge in [-0.1, -0.05) is 23.7 Å². The molecule has 0 aliphatic rings. The van der Waals surface area contributed by atoms with Gasteiger partial charge in [0.15, 0.2) is 17.4 Å². The van der Waals surface area contributed by atoms with Crippen LogP contribution in [0.3, 0.4) is 0 Å². The Kier molecular flexibility index (Phi) is 10.7. The molecule has 15 nitrogen and oxygen atoms in total. The number of rotatable bonds is 14. The van der Waals surface area contributed by atoms with Crippen molar-refractivity contribution < 1.29 is 14.2 Å². The Bertz CT molecular complexity index is 1840. The lowest BCUT2D eigenvalue weighted by molar-refractivity contribution is -0.386. The van der Waals surface area contributed by atoms with Crippen LogP contribution in [0.5, 0.6) is 0 Å². The first-order valence-corrected chi connectivity index (χ1v) is 14.8. The number of nitro benzene ring substituents is 1. The summed E-state index contributed by atoms with van der Waals surface area (Å²) in [4.78, 5) is 42.6. The summed E-state index contributed by atoms with van der Waals surface area (Å²) in [5, 5.41) is 37.3. The van der Waals surface area contributed by atoms with Crippen LogP contribution in [0.25, 0.3) is 28.0 Å². The number of guanidine groups is 1. The van der Waals surface area contributed by atoms with Gasteiger partial charge in [0.2, 0.25) is 0 Å². The molecule has 0 fully saturated rings. The van der Waals surface area contributed by atoms with Gasteiger partial charge in [0, 0.05) is 30.4 Å². The van der Waals surface area contributed by atoms with Crippen molar-refractivity contribution in [3.05, 3.63) is 89.2 Å². The summed E-state index contributed by atoms with van der Waals surface area (Å²) in [6.45, 7) is 4.94. The van der Waals surface area contributed by atoms with E-state index in [2.05, 4.69) is 20.6 Å². The summed E-state index contributed by atoms with van der Waals surface area (Å²) in [6, 6.07) is 7.78. The van der Waals surface area contributed by atoms with Gasteiger partial charge in [-0.05, 0) is 69.8 Å².